The summed E-state index contributed by atoms with van der Waals surface area (Å²) in [6.07, 6.45) is 2.09. The molecule has 0 saturated carbocycles. The van der Waals surface area contributed by atoms with Gasteiger partial charge in [-0.1, -0.05) is 40.5 Å². The van der Waals surface area contributed by atoms with E-state index in [4.69, 9.17) is 28.0 Å². The predicted molar refractivity (Wildman–Crippen MR) is 97.9 cm³/mol. The summed E-state index contributed by atoms with van der Waals surface area (Å²) in [5.41, 5.74) is 1.66. The van der Waals surface area contributed by atoms with Crippen molar-refractivity contribution in [1.82, 2.24) is 10.2 Å². The van der Waals surface area contributed by atoms with Crippen molar-refractivity contribution in [2.24, 2.45) is 5.16 Å². The van der Waals surface area contributed by atoms with Crippen molar-refractivity contribution in [2.75, 3.05) is 13.1 Å². The van der Waals surface area contributed by atoms with Crippen LogP contribution < -0.4 is 5.32 Å². The second kappa shape index (κ2) is 8.40. The Morgan fingerprint density at radius 3 is 2.88 bits per heavy atom. The van der Waals surface area contributed by atoms with Gasteiger partial charge in [0.15, 0.2) is 6.10 Å². The maximum atomic E-state index is 12.2. The molecule has 0 saturated heterocycles. The van der Waals surface area contributed by atoms with Crippen LogP contribution in [0, 0.1) is 0 Å². The van der Waals surface area contributed by atoms with Gasteiger partial charge in [0.05, 0.1) is 22.3 Å². The normalized spacial score (nSPS) is 16.5. The van der Waals surface area contributed by atoms with Gasteiger partial charge in [-0.05, 0) is 26.0 Å². The van der Waals surface area contributed by atoms with E-state index in [1.165, 1.54) is 0 Å². The first-order valence-electron chi connectivity index (χ1n) is 7.75. The van der Waals surface area contributed by atoms with Gasteiger partial charge in [-0.15, -0.1) is 6.58 Å². The highest BCUT2D eigenvalue weighted by molar-refractivity contribution is 6.42. The largest absolute Gasteiger partial charge is 0.390 e. The quantitative estimate of drug-likeness (QED) is 0.767. The van der Waals surface area contributed by atoms with E-state index in [1.807, 2.05) is 19.9 Å². The Labute approximate surface area is 152 Å². The molecule has 2 amide bonds. The molecule has 0 spiro atoms. The molecule has 130 valence electrons. The maximum Gasteiger partial charge on any atom is 0.318 e. The summed E-state index contributed by atoms with van der Waals surface area (Å²) in [5.74, 6) is 0. The molecule has 1 aromatic carbocycles. The minimum Gasteiger partial charge on any atom is -0.390 e. The fraction of sp³-hybridized carbons (Fsp3) is 0.412. The van der Waals surface area contributed by atoms with Crippen molar-refractivity contribution in [3.63, 3.8) is 0 Å². The van der Waals surface area contributed by atoms with Crippen molar-refractivity contribution in [3.05, 3.63) is 46.5 Å². The molecule has 0 radical (unpaired) electrons. The number of oxime groups is 1. The van der Waals surface area contributed by atoms with Crippen LogP contribution in [-0.4, -0.2) is 41.9 Å². The number of hydrogen-bond acceptors (Lipinski definition) is 3. The zero-order chi connectivity index (χ0) is 17.7. The average molecular weight is 370 g/mol. The summed E-state index contributed by atoms with van der Waals surface area (Å²) in [7, 11) is 0. The van der Waals surface area contributed by atoms with E-state index in [-0.39, 0.29) is 18.2 Å². The third kappa shape index (κ3) is 4.89. The van der Waals surface area contributed by atoms with Crippen LogP contribution in [0.3, 0.4) is 0 Å². The molecule has 5 nitrogen and oxygen atoms in total. The summed E-state index contributed by atoms with van der Waals surface area (Å²) >= 11 is 12.0. The molecule has 1 heterocycles. The molecule has 7 heteroatoms. The molecule has 0 bridgehead atoms. The van der Waals surface area contributed by atoms with Crippen LogP contribution in [0.4, 0.5) is 4.79 Å². The van der Waals surface area contributed by atoms with Crippen LogP contribution in [0.15, 0.2) is 36.0 Å². The lowest BCUT2D eigenvalue weighted by atomic mass is 10.0. The van der Waals surface area contributed by atoms with Gasteiger partial charge in [-0.25, -0.2) is 4.79 Å². The number of carbonyl (C=O) groups is 1. The lowest BCUT2D eigenvalue weighted by Crippen LogP contribution is -2.46. The lowest BCUT2D eigenvalue weighted by molar-refractivity contribution is 0.0626. The summed E-state index contributed by atoms with van der Waals surface area (Å²) in [4.78, 5) is 19.3. The number of hydrogen-bond donors (Lipinski definition) is 1. The van der Waals surface area contributed by atoms with Gasteiger partial charge in [0.1, 0.15) is 0 Å². The number of benzene rings is 1. The Hall–Kier alpha value is -1.72. The van der Waals surface area contributed by atoms with Gasteiger partial charge in [0, 0.05) is 24.6 Å². The number of nitrogens with zero attached hydrogens (tertiary/aromatic N) is 2. The van der Waals surface area contributed by atoms with E-state index in [0.717, 1.165) is 11.3 Å². The highest BCUT2D eigenvalue weighted by atomic mass is 35.5. The third-order valence-corrected chi connectivity index (χ3v) is 4.20. The summed E-state index contributed by atoms with van der Waals surface area (Å²) in [5, 5.41) is 7.97. The first-order valence-corrected chi connectivity index (χ1v) is 8.50. The third-order valence-electron chi connectivity index (χ3n) is 3.46. The Morgan fingerprint density at radius 1 is 1.50 bits per heavy atom. The number of rotatable bonds is 6. The van der Waals surface area contributed by atoms with E-state index in [1.54, 1.807) is 23.1 Å². The van der Waals surface area contributed by atoms with Gasteiger partial charge in [0.25, 0.3) is 0 Å². The van der Waals surface area contributed by atoms with Crippen LogP contribution in [0.5, 0.6) is 0 Å². The van der Waals surface area contributed by atoms with E-state index in [0.29, 0.717) is 29.6 Å². The molecule has 1 N–H and O–H groups in total. The lowest BCUT2D eigenvalue weighted by Gasteiger charge is -2.24. The monoisotopic (exact) mass is 369 g/mol. The fourth-order valence-electron chi connectivity index (χ4n) is 2.35. The summed E-state index contributed by atoms with van der Waals surface area (Å²) < 4.78 is 0. The number of amides is 2. The van der Waals surface area contributed by atoms with E-state index >= 15 is 0 Å². The molecule has 2 rings (SSSR count). The van der Waals surface area contributed by atoms with Crippen molar-refractivity contribution in [2.45, 2.75) is 32.4 Å². The summed E-state index contributed by atoms with van der Waals surface area (Å²) in [6.45, 7) is 8.41. The van der Waals surface area contributed by atoms with Crippen LogP contribution >= 0.6 is 23.2 Å². The minimum atomic E-state index is -0.202. The highest BCUT2D eigenvalue weighted by Crippen LogP contribution is 2.25. The van der Waals surface area contributed by atoms with Gasteiger partial charge in [-0.3, -0.25) is 0 Å². The molecule has 0 aliphatic carbocycles. The van der Waals surface area contributed by atoms with E-state index < -0.39 is 0 Å². The molecule has 1 aliphatic rings. The smallest absolute Gasteiger partial charge is 0.318 e. The van der Waals surface area contributed by atoms with Gasteiger partial charge in [-0.2, -0.15) is 0 Å². The Morgan fingerprint density at radius 2 is 2.25 bits per heavy atom. The SMILES string of the molecule is C=CCN(C[C@@H]1CC(c2ccc(Cl)c(Cl)c2)=NO1)C(=O)NC(C)C. The Bertz CT molecular complexity index is 647. The Balaban J connectivity index is 1.98. The maximum absolute atomic E-state index is 12.2. The van der Waals surface area contributed by atoms with Crippen molar-refractivity contribution < 1.29 is 9.63 Å². The number of nitrogens with one attached hydrogen (secondary N) is 1. The van der Waals surface area contributed by atoms with Crippen molar-refractivity contribution in [3.8, 4) is 0 Å². The zero-order valence-corrected chi connectivity index (χ0v) is 15.3. The van der Waals surface area contributed by atoms with Gasteiger partial charge < -0.3 is 15.1 Å². The van der Waals surface area contributed by atoms with Crippen molar-refractivity contribution >= 4 is 34.9 Å². The highest BCUT2D eigenvalue weighted by Gasteiger charge is 2.26. The summed E-state index contributed by atoms with van der Waals surface area (Å²) in [6, 6.07) is 5.27. The molecule has 1 atom stereocenters. The van der Waals surface area contributed by atoms with Gasteiger partial charge in [0.2, 0.25) is 0 Å². The molecule has 24 heavy (non-hydrogen) atoms. The first kappa shape index (κ1) is 18.6. The van der Waals surface area contributed by atoms with Crippen molar-refractivity contribution in [1.29, 1.82) is 0 Å². The van der Waals surface area contributed by atoms with Crippen LogP contribution in [-0.2, 0) is 4.84 Å². The minimum absolute atomic E-state index is 0.0670. The van der Waals surface area contributed by atoms with Crippen LogP contribution in [0.2, 0.25) is 10.0 Å². The fourth-order valence-corrected chi connectivity index (χ4v) is 2.65. The molecule has 1 aliphatic heterocycles. The predicted octanol–water partition coefficient (Wildman–Crippen LogP) is 4.09. The average Bonchev–Trinajstić information content (AvgIpc) is 2.97. The molecular formula is C17H21Cl2N3O2. The second-order valence-electron chi connectivity index (χ2n) is 5.90. The molecule has 0 fully saturated rings. The van der Waals surface area contributed by atoms with Gasteiger partial charge >= 0.3 is 6.03 Å². The van der Waals surface area contributed by atoms with E-state index in [9.17, 15) is 4.79 Å². The number of halogens is 2. The van der Waals surface area contributed by atoms with E-state index in [2.05, 4.69) is 17.1 Å². The van der Waals surface area contributed by atoms with Crippen LogP contribution in [0.1, 0.15) is 25.8 Å². The first-order chi connectivity index (χ1) is 11.4. The molecular weight excluding hydrogens is 349 g/mol. The topological polar surface area (TPSA) is 53.9 Å². The molecule has 0 aromatic heterocycles. The molecule has 1 aromatic rings. The standard InChI is InChI=1S/C17H21Cl2N3O2/c1-4-7-22(17(23)20-11(2)3)10-13-9-16(21-24-13)12-5-6-14(18)15(19)8-12/h4-6,8,11,13H,1,7,9-10H2,2-3H3,(H,20,23)/t13-/m0/s1. The molecule has 0 unspecified atom stereocenters. The Kier molecular flexibility index (Phi) is 6.52. The van der Waals surface area contributed by atoms with Crippen LogP contribution in [0.25, 0.3) is 0 Å². The second-order valence-corrected chi connectivity index (χ2v) is 6.71. The number of urea groups is 1. The number of carbonyl (C=O) groups excluding carboxylic acids is 1. The zero-order valence-electron chi connectivity index (χ0n) is 13.8.